The van der Waals surface area contributed by atoms with Crippen molar-refractivity contribution in [3.8, 4) is 23.0 Å². The van der Waals surface area contributed by atoms with Crippen LogP contribution in [0.25, 0.3) is 0 Å². The summed E-state index contributed by atoms with van der Waals surface area (Å²) in [7, 11) is 9.58. The number of aldehydes is 1. The number of nitrogens with two attached hydrogens (primary N) is 1. The van der Waals surface area contributed by atoms with Gasteiger partial charge < -0.3 is 111 Å². The number of carbonyl (C=O) groups is 7. The van der Waals surface area contributed by atoms with Gasteiger partial charge in [0.2, 0.25) is 5.24 Å². The number of nitrogens with one attached hydrogen (secondary N) is 3. The first-order valence-corrected chi connectivity index (χ1v) is 35.7. The fraction of sp³-hybridized carbons (Fsp3) is 0.253. The molecule has 632 valence electrons. The number of β-lactam (4-membered cyclic amide) rings is 5. The van der Waals surface area contributed by atoms with Crippen LogP contribution in [0.3, 0.4) is 0 Å². The predicted molar refractivity (Wildman–Crippen MR) is 423 cm³/mol. The van der Waals surface area contributed by atoms with E-state index in [4.69, 9.17) is 76.0 Å². The quantitative estimate of drug-likeness (QED) is 0.00690. The number of halogens is 1. The van der Waals surface area contributed by atoms with E-state index in [1.54, 1.807) is 216 Å². The van der Waals surface area contributed by atoms with Crippen LogP contribution in [0.1, 0.15) is 96.1 Å². The zero-order chi connectivity index (χ0) is 85.1. The molecule has 0 aliphatic carbocycles. The Morgan fingerprint density at radius 2 is 0.802 bits per heavy atom. The number of methoxy groups -OCH3 is 6. The second-order valence-electron chi connectivity index (χ2n) is 25.0. The fourth-order valence-corrected chi connectivity index (χ4v) is 10.3. The first-order chi connectivity index (χ1) is 56.2. The number of rotatable bonds is 19. The number of amides is 5. The second kappa shape index (κ2) is 55.7. The number of aliphatic imine (C=N–C) groups is 1. The number of ether oxygens (including phenoxy) is 7. The summed E-state index contributed by atoms with van der Waals surface area (Å²) in [5.74, 6) is 5.72. The minimum absolute atomic E-state index is 0. The van der Waals surface area contributed by atoms with Gasteiger partial charge in [0.15, 0.2) is 48.4 Å². The molecule has 4 radical (unpaired) electrons. The monoisotopic (exact) mass is 2540 g/mol. The van der Waals surface area contributed by atoms with E-state index in [-0.39, 0.29) is 224 Å². The van der Waals surface area contributed by atoms with Gasteiger partial charge in [0.1, 0.15) is 94.4 Å². The van der Waals surface area contributed by atoms with Gasteiger partial charge in [-0.15, -0.1) is 0 Å². The number of allylic oxidation sites excluding steroid dienone is 1. The molecule has 0 spiro atoms. The molecule has 16 rings (SSSR count). The van der Waals surface area contributed by atoms with Crippen LogP contribution in [0, 0.1) is 176 Å². The topological polar surface area (TPSA) is 458 Å². The normalized spacial score (nSPS) is 18.7. The van der Waals surface area contributed by atoms with Gasteiger partial charge in [0, 0.05) is 200 Å². The van der Waals surface area contributed by atoms with Gasteiger partial charge in [-0.3, -0.25) is 48.4 Å². The molecular formula is C83H90Ac4ClN7O26. The van der Waals surface area contributed by atoms with Crippen LogP contribution in [0.4, 0.5) is 22.7 Å². The Hall–Kier alpha value is -7.48. The van der Waals surface area contributed by atoms with E-state index in [0.717, 1.165) is 34.4 Å². The number of anilines is 3. The van der Waals surface area contributed by atoms with Crippen LogP contribution in [0.15, 0.2) is 274 Å². The third-order valence-electron chi connectivity index (χ3n) is 16.8. The van der Waals surface area contributed by atoms with Crippen LogP contribution < -0.4 is 50.4 Å². The number of aliphatic hydroxyl groups is 5. The number of aliphatic hydroxyl groups excluding tert-OH is 5. The number of nitrogen functional groups attached to an aromatic ring is 1. The molecule has 5 amide bonds. The molecule has 11 aromatic rings. The van der Waals surface area contributed by atoms with Crippen molar-refractivity contribution in [3.05, 3.63) is 278 Å². The molecule has 10 atom stereocenters. The Morgan fingerprint density at radius 3 is 1.07 bits per heavy atom. The number of furan rings is 7. The molecule has 121 heavy (non-hydrogen) atoms. The maximum atomic E-state index is 11.8. The standard InChI is InChI=1S/2C14H13NO4.C12H11NO2.C11H15NO4.2C7H7NO3.C7H9NO.C5H4O2.C4H8O.C2H3ClO2.4Ac/c2*1-18-10-6-4-9(5-7-10)15-12(13(16)14(15)17)11-3-2-8-19-11;1-14-11-6-4-10(5-7-11)13-9-12-3-2-8-15-12;1-11(2,14-3)16-9-8(12-10(9)13)7-5-4-6-15-7;2*9-6-5(8-7(6)10)4-2-1-3-11-4;1-9-7-4-2-6(8)3-5-7;6-4-5-2-1-3-7-5;1-4(2)5-3;3-2(5)1-4;;;;/h2*2-8,12-13,16H,1H3;2-9H,1H3;4-6,8-9H,1-3H3,(H,12,13);2*1-3,5-6,9H,(H,8,10);2-5H,8H2,1H3;1-4H;1H2,2-3H3;4H,1H2;;;;/t2*12-,13?;;8-,9?;5-,6?;5-,6+;;;;;;;;/m00.000......../s1. The van der Waals surface area contributed by atoms with E-state index >= 15 is 0 Å². The van der Waals surface area contributed by atoms with Gasteiger partial charge in [-0.05, 0) is 214 Å². The summed E-state index contributed by atoms with van der Waals surface area (Å²) in [4.78, 5) is 82.5. The van der Waals surface area contributed by atoms with Crippen molar-refractivity contribution in [2.24, 2.45) is 4.99 Å². The van der Waals surface area contributed by atoms with Crippen molar-refractivity contribution in [1.82, 2.24) is 16.0 Å². The van der Waals surface area contributed by atoms with Crippen LogP contribution in [0.5, 0.6) is 23.0 Å². The summed E-state index contributed by atoms with van der Waals surface area (Å²) < 4.78 is 70.9. The van der Waals surface area contributed by atoms with Gasteiger partial charge in [0.05, 0.1) is 97.1 Å². The van der Waals surface area contributed by atoms with E-state index in [0.29, 0.717) is 63.7 Å². The zero-order valence-corrected chi connectivity index (χ0v) is 86.9. The number of hydrogen-bond donors (Lipinski definition) is 9. The average molecular weight is 2550 g/mol. The van der Waals surface area contributed by atoms with Gasteiger partial charge >= 0.3 is 0 Å². The number of carbonyl (C=O) groups excluding carboxylic acids is 7. The molecule has 7 aromatic heterocycles. The van der Waals surface area contributed by atoms with E-state index in [1.165, 1.54) is 41.1 Å². The van der Waals surface area contributed by atoms with E-state index in [1.807, 2.05) is 48.5 Å². The largest absolute Gasteiger partial charge is 0.502 e. The molecule has 12 heterocycles. The number of hydrogen-bond acceptors (Lipinski definition) is 28. The average Bonchev–Trinajstić information content (AvgIpc) is 1.75. The third-order valence-corrected chi connectivity index (χ3v) is 16.9. The molecular weight excluding hydrogens is 2450 g/mol. The Bertz CT molecular complexity index is 4620. The van der Waals surface area contributed by atoms with Crippen molar-refractivity contribution in [2.45, 2.75) is 87.3 Å². The molecule has 4 aromatic carbocycles. The van der Waals surface area contributed by atoms with Crippen molar-refractivity contribution >= 4 is 81.6 Å². The number of benzene rings is 4. The first-order valence-electron chi connectivity index (χ1n) is 35.3. The molecule has 4 unspecified atom stereocenters. The zero-order valence-electron chi connectivity index (χ0n) is 67.1. The van der Waals surface area contributed by atoms with Crippen molar-refractivity contribution in [3.63, 3.8) is 0 Å². The van der Waals surface area contributed by atoms with Crippen LogP contribution in [0.2, 0.25) is 0 Å². The molecule has 33 nitrogen and oxygen atoms in total. The van der Waals surface area contributed by atoms with Crippen molar-refractivity contribution < 1.29 is 299 Å². The van der Waals surface area contributed by atoms with Crippen molar-refractivity contribution in [2.75, 3.05) is 64.8 Å². The van der Waals surface area contributed by atoms with Gasteiger partial charge in [0.25, 0.3) is 29.5 Å². The molecule has 5 aliphatic rings. The molecule has 5 aliphatic heterocycles. The Labute approximate surface area is 844 Å². The second-order valence-corrected chi connectivity index (χ2v) is 25.4. The molecule has 10 N–H and O–H groups in total. The third kappa shape index (κ3) is 32.9. The van der Waals surface area contributed by atoms with Gasteiger partial charge in [-0.25, -0.2) is 0 Å². The summed E-state index contributed by atoms with van der Waals surface area (Å²) in [5.41, 5.74) is 8.47. The van der Waals surface area contributed by atoms with Crippen LogP contribution in [-0.2, 0) is 43.0 Å². The van der Waals surface area contributed by atoms with Crippen LogP contribution >= 0.6 is 11.6 Å². The van der Waals surface area contributed by atoms with Gasteiger partial charge in [-0.1, -0.05) is 6.58 Å². The summed E-state index contributed by atoms with van der Waals surface area (Å²) in [6.45, 7) is 8.21. The molecule has 38 heteroatoms. The van der Waals surface area contributed by atoms with Crippen LogP contribution in [-0.4, -0.2) is 158 Å². The SMILES string of the molecule is C=C(C)OC.COC(C)(C)OC1C(=O)N[C@H]1c1ccco1.COc1ccc(N)cc1.COc1ccc(N2C(=O)C(O)[C@@H]2c2ccco2)cc1.COc1ccc(N2C(=O)C(O)[C@@H]2c2ccco2)cc1.COc1ccc(N=Cc2ccco2)cc1.O=C(Cl)CO.O=C1N[C@@H](c2ccco2)C1O.O=C1N[C@@H](c2ccco2)[C@H]1O.O=Cc1ccco1.[Ac].[Ac].[Ac].[Ac]. The molecule has 0 bridgehead atoms. The van der Waals surface area contributed by atoms with E-state index < -0.39 is 60.2 Å². The maximum absolute atomic E-state index is 11.8. The molecule has 0 saturated carbocycles. The van der Waals surface area contributed by atoms with Crippen molar-refractivity contribution in [1.29, 1.82) is 0 Å². The summed E-state index contributed by atoms with van der Waals surface area (Å²) in [6.07, 6.45) is 8.52. The minimum atomic E-state index is -1.05. The molecule has 5 saturated heterocycles. The number of nitrogens with zero attached hydrogens (tertiary/aromatic N) is 3. The Kier molecular flexibility index (Phi) is 49.6. The van der Waals surface area contributed by atoms with E-state index in [2.05, 4.69) is 48.3 Å². The van der Waals surface area contributed by atoms with Gasteiger partial charge in [-0.2, -0.15) is 0 Å². The predicted octanol–water partition coefficient (Wildman–Crippen LogP) is 10.6. The van der Waals surface area contributed by atoms with E-state index in [9.17, 15) is 43.8 Å². The molecule has 5 fully saturated rings. The minimum Gasteiger partial charge on any atom is -0.502 e. The summed E-state index contributed by atoms with van der Waals surface area (Å²) in [5, 5.41) is 52.5. The Balaban J connectivity index is 0.000000355. The maximum Gasteiger partial charge on any atom is 0.259 e. The fourth-order valence-electron chi connectivity index (χ4n) is 10.3. The smallest absolute Gasteiger partial charge is 0.259 e. The summed E-state index contributed by atoms with van der Waals surface area (Å²) in [6, 6.07) is 51.5. The summed E-state index contributed by atoms with van der Waals surface area (Å²) >= 11 is 4.57. The first kappa shape index (κ1) is 108. The Morgan fingerprint density at radius 1 is 0.488 bits per heavy atom.